The Bertz CT molecular complexity index is 974. The molecule has 5 nitrogen and oxygen atoms in total. The summed E-state index contributed by atoms with van der Waals surface area (Å²) in [7, 11) is 0. The Morgan fingerprint density at radius 1 is 1.21 bits per heavy atom. The second kappa shape index (κ2) is 10.7. The fourth-order valence-electron chi connectivity index (χ4n) is 3.89. The van der Waals surface area contributed by atoms with E-state index in [1.165, 1.54) is 12.1 Å². The molecular formula is C25H29F3N2O3. The van der Waals surface area contributed by atoms with Gasteiger partial charge in [0.2, 0.25) is 0 Å². The Morgan fingerprint density at radius 3 is 2.58 bits per heavy atom. The Morgan fingerprint density at radius 2 is 1.91 bits per heavy atom. The first-order valence-electron chi connectivity index (χ1n) is 11.1. The fraction of sp³-hybridized carbons (Fsp3) is 0.440. The number of halogens is 3. The van der Waals surface area contributed by atoms with Gasteiger partial charge >= 0.3 is 12.1 Å². The molecule has 0 fully saturated rings. The fourth-order valence-corrected chi connectivity index (χ4v) is 3.89. The van der Waals surface area contributed by atoms with E-state index in [0.29, 0.717) is 31.1 Å². The molecule has 1 aliphatic heterocycles. The smallest absolute Gasteiger partial charge is 0.416 e. The van der Waals surface area contributed by atoms with Crippen molar-refractivity contribution < 1.29 is 27.8 Å². The quantitative estimate of drug-likeness (QED) is 0.465. The highest BCUT2D eigenvalue weighted by molar-refractivity contribution is 6.00. The van der Waals surface area contributed by atoms with Gasteiger partial charge in [-0.1, -0.05) is 37.3 Å². The number of amidine groups is 1. The molecule has 0 saturated heterocycles. The molecule has 1 heterocycles. The highest BCUT2D eigenvalue weighted by atomic mass is 19.4. The average Bonchev–Trinajstić information content (AvgIpc) is 3.11. The van der Waals surface area contributed by atoms with Gasteiger partial charge in [0.15, 0.2) is 0 Å². The molecule has 8 heteroatoms. The van der Waals surface area contributed by atoms with Gasteiger partial charge in [-0.05, 0) is 43.9 Å². The van der Waals surface area contributed by atoms with Crippen molar-refractivity contribution in [3.8, 4) is 5.75 Å². The van der Waals surface area contributed by atoms with Gasteiger partial charge in [0.25, 0.3) is 0 Å². The standard InChI is InChI=1S/C25H29F3N2O3/c1-17(14-23(31)32)6-5-13-33-22-8-4-3-7-20(22)16-30-18(2)15-29-24(30)19-9-11-21(12-10-19)25(26,27)28/h3-4,7-12,17-18H,5-6,13-16H2,1-2H3,(H,31,32). The largest absolute Gasteiger partial charge is 0.493 e. The Kier molecular flexibility index (Phi) is 8.00. The first-order chi connectivity index (χ1) is 15.6. The van der Waals surface area contributed by atoms with Crippen LogP contribution < -0.4 is 4.74 Å². The minimum Gasteiger partial charge on any atom is -0.493 e. The summed E-state index contributed by atoms with van der Waals surface area (Å²) < 4.78 is 44.7. The van der Waals surface area contributed by atoms with E-state index in [4.69, 9.17) is 9.84 Å². The Labute approximate surface area is 191 Å². The van der Waals surface area contributed by atoms with Crippen LogP contribution >= 0.6 is 0 Å². The Balaban J connectivity index is 1.66. The summed E-state index contributed by atoms with van der Waals surface area (Å²) >= 11 is 0. The molecule has 2 unspecified atom stereocenters. The molecule has 0 bridgehead atoms. The lowest BCUT2D eigenvalue weighted by Crippen LogP contribution is -2.34. The molecule has 1 aliphatic rings. The van der Waals surface area contributed by atoms with Gasteiger partial charge in [0, 0.05) is 30.1 Å². The third-order valence-corrected chi connectivity index (χ3v) is 5.72. The third kappa shape index (κ3) is 6.73. The molecule has 3 rings (SSSR count). The number of aliphatic carboxylic acids is 1. The monoisotopic (exact) mass is 462 g/mol. The second-order valence-corrected chi connectivity index (χ2v) is 8.52. The molecule has 2 aromatic rings. The van der Waals surface area contributed by atoms with Crippen molar-refractivity contribution in [3.05, 3.63) is 65.2 Å². The molecule has 1 N–H and O–H groups in total. The number of carbonyl (C=O) groups is 1. The van der Waals surface area contributed by atoms with Crippen molar-refractivity contribution >= 4 is 11.8 Å². The zero-order valence-corrected chi connectivity index (χ0v) is 18.8. The van der Waals surface area contributed by atoms with E-state index < -0.39 is 17.7 Å². The van der Waals surface area contributed by atoms with Crippen LogP contribution in [0.1, 0.15) is 49.8 Å². The van der Waals surface area contributed by atoms with Gasteiger partial charge in [-0.2, -0.15) is 13.2 Å². The number of carboxylic acids is 1. The molecule has 0 spiro atoms. The summed E-state index contributed by atoms with van der Waals surface area (Å²) in [6.45, 7) is 5.52. The van der Waals surface area contributed by atoms with Crippen LogP contribution in [-0.2, 0) is 17.5 Å². The summed E-state index contributed by atoms with van der Waals surface area (Å²) in [5.74, 6) is 0.719. The van der Waals surface area contributed by atoms with Crippen LogP contribution in [0, 0.1) is 5.92 Å². The molecule has 178 valence electrons. The van der Waals surface area contributed by atoms with E-state index in [2.05, 4.69) is 9.89 Å². The predicted octanol–water partition coefficient (Wildman–Crippen LogP) is 5.63. The van der Waals surface area contributed by atoms with Crippen molar-refractivity contribution in [1.82, 2.24) is 4.90 Å². The predicted molar refractivity (Wildman–Crippen MR) is 120 cm³/mol. The van der Waals surface area contributed by atoms with Crippen molar-refractivity contribution in [3.63, 3.8) is 0 Å². The van der Waals surface area contributed by atoms with Gasteiger partial charge in [0.1, 0.15) is 11.6 Å². The van der Waals surface area contributed by atoms with E-state index in [-0.39, 0.29) is 18.4 Å². The van der Waals surface area contributed by atoms with Crippen molar-refractivity contribution in [1.29, 1.82) is 0 Å². The average molecular weight is 463 g/mol. The van der Waals surface area contributed by atoms with Gasteiger partial charge < -0.3 is 14.7 Å². The van der Waals surface area contributed by atoms with E-state index in [9.17, 15) is 18.0 Å². The van der Waals surface area contributed by atoms with Crippen LogP contribution in [0.25, 0.3) is 0 Å². The summed E-state index contributed by atoms with van der Waals surface area (Å²) in [4.78, 5) is 17.5. The number of hydrogen-bond donors (Lipinski definition) is 1. The molecule has 2 atom stereocenters. The number of rotatable bonds is 10. The molecule has 0 aromatic heterocycles. The first kappa shape index (κ1) is 24.6. The number of aliphatic imine (C=N–C) groups is 1. The lowest BCUT2D eigenvalue weighted by Gasteiger charge is -2.27. The van der Waals surface area contributed by atoms with Gasteiger partial charge in [-0.15, -0.1) is 0 Å². The molecule has 33 heavy (non-hydrogen) atoms. The molecule has 0 saturated carbocycles. The van der Waals surface area contributed by atoms with Crippen LogP contribution in [0.2, 0.25) is 0 Å². The number of carboxylic acid groups (broad SMARTS) is 1. The number of para-hydroxylation sites is 1. The van der Waals surface area contributed by atoms with Gasteiger partial charge in [-0.3, -0.25) is 9.79 Å². The minimum atomic E-state index is -4.37. The number of hydrogen-bond acceptors (Lipinski definition) is 4. The number of ether oxygens (including phenoxy) is 1. The molecule has 0 aliphatic carbocycles. The van der Waals surface area contributed by atoms with Crippen LogP contribution in [0.3, 0.4) is 0 Å². The Hall–Kier alpha value is -3.03. The lowest BCUT2D eigenvalue weighted by molar-refractivity contribution is -0.138. The number of nitrogens with zero attached hydrogens (tertiary/aromatic N) is 2. The molecule has 0 radical (unpaired) electrons. The van der Waals surface area contributed by atoms with Crippen LogP contribution in [0.4, 0.5) is 13.2 Å². The SMILES string of the molecule is CC(CCCOc1ccccc1CN1C(c2ccc(C(F)(F)F)cc2)=NCC1C)CC(=O)O. The maximum Gasteiger partial charge on any atom is 0.416 e. The lowest BCUT2D eigenvalue weighted by atomic mass is 10.0. The minimum absolute atomic E-state index is 0.0919. The molecular weight excluding hydrogens is 433 g/mol. The first-order valence-corrected chi connectivity index (χ1v) is 11.1. The van der Waals surface area contributed by atoms with Crippen molar-refractivity contribution in [2.24, 2.45) is 10.9 Å². The summed E-state index contributed by atoms with van der Waals surface area (Å²) in [5.41, 5.74) is 0.934. The molecule has 0 amide bonds. The topological polar surface area (TPSA) is 62.1 Å². The van der Waals surface area contributed by atoms with E-state index in [1.54, 1.807) is 0 Å². The molecule has 2 aromatic carbocycles. The van der Waals surface area contributed by atoms with Crippen molar-refractivity contribution in [2.75, 3.05) is 13.2 Å². The zero-order chi connectivity index (χ0) is 24.0. The highest BCUT2D eigenvalue weighted by Crippen LogP contribution is 2.30. The highest BCUT2D eigenvalue weighted by Gasteiger charge is 2.31. The number of alkyl halides is 3. The van der Waals surface area contributed by atoms with Crippen LogP contribution in [0.15, 0.2) is 53.5 Å². The van der Waals surface area contributed by atoms with Gasteiger partial charge in [-0.25, -0.2) is 0 Å². The summed E-state index contributed by atoms with van der Waals surface area (Å²) in [6.07, 6.45) is -2.70. The zero-order valence-electron chi connectivity index (χ0n) is 18.8. The number of benzene rings is 2. The normalized spacial score (nSPS) is 17.1. The van der Waals surface area contributed by atoms with E-state index in [1.807, 2.05) is 38.1 Å². The van der Waals surface area contributed by atoms with Gasteiger partial charge in [0.05, 0.1) is 18.7 Å². The van der Waals surface area contributed by atoms with Crippen LogP contribution in [0.5, 0.6) is 5.75 Å². The second-order valence-electron chi connectivity index (χ2n) is 8.52. The van der Waals surface area contributed by atoms with Crippen LogP contribution in [-0.4, -0.2) is 41.0 Å². The van der Waals surface area contributed by atoms with Crippen molar-refractivity contribution in [2.45, 2.75) is 51.9 Å². The maximum atomic E-state index is 12.9. The maximum absolute atomic E-state index is 12.9. The summed E-state index contributed by atoms with van der Waals surface area (Å²) in [6, 6.07) is 12.9. The van der Waals surface area contributed by atoms with E-state index in [0.717, 1.165) is 36.3 Å². The van der Waals surface area contributed by atoms with E-state index >= 15 is 0 Å². The third-order valence-electron chi connectivity index (χ3n) is 5.72. The summed E-state index contributed by atoms with van der Waals surface area (Å²) in [5, 5.41) is 8.87.